The van der Waals surface area contributed by atoms with Gasteiger partial charge in [0.25, 0.3) is 0 Å². The normalized spacial score (nSPS) is 16.2. The highest BCUT2D eigenvalue weighted by Crippen LogP contribution is 2.31. The Morgan fingerprint density at radius 2 is 1.86 bits per heavy atom. The summed E-state index contributed by atoms with van der Waals surface area (Å²) >= 11 is 1.63. The minimum Gasteiger partial charge on any atom is -0.338 e. The number of carbonyl (C=O) groups excluding carboxylic acids is 1. The molecule has 2 amide bonds. The van der Waals surface area contributed by atoms with Gasteiger partial charge < -0.3 is 15.1 Å². The Labute approximate surface area is 206 Å². The number of fused-ring (bicyclic) bond motifs is 3. The van der Waals surface area contributed by atoms with E-state index in [1.54, 1.807) is 11.3 Å². The lowest BCUT2D eigenvalue weighted by Gasteiger charge is -2.40. The molecule has 35 heavy (non-hydrogen) atoms. The van der Waals surface area contributed by atoms with Crippen LogP contribution in [0.4, 0.5) is 10.7 Å². The quantitative estimate of drug-likeness (QED) is 0.409. The summed E-state index contributed by atoms with van der Waals surface area (Å²) in [6, 6.07) is 22.1. The molecule has 0 radical (unpaired) electrons. The van der Waals surface area contributed by atoms with Gasteiger partial charge in [-0.3, -0.25) is 0 Å². The lowest BCUT2D eigenvalue weighted by Crippen LogP contribution is -2.57. The number of benzene rings is 2. The zero-order valence-electron chi connectivity index (χ0n) is 19.3. The van der Waals surface area contributed by atoms with Crippen LogP contribution in [0.3, 0.4) is 0 Å². The number of aromatic nitrogens is 4. The van der Waals surface area contributed by atoms with Crippen molar-refractivity contribution < 1.29 is 4.79 Å². The number of nitrogens with zero attached hydrogens (tertiary/aromatic N) is 6. The van der Waals surface area contributed by atoms with Gasteiger partial charge in [0, 0.05) is 37.6 Å². The molecule has 4 heterocycles. The van der Waals surface area contributed by atoms with Gasteiger partial charge in [-0.1, -0.05) is 48.5 Å². The average molecular weight is 484 g/mol. The molecule has 1 aliphatic heterocycles. The number of urea groups is 1. The van der Waals surface area contributed by atoms with Crippen LogP contribution < -0.4 is 10.2 Å². The first kappa shape index (κ1) is 21.5. The number of anilines is 1. The van der Waals surface area contributed by atoms with Crippen LogP contribution in [0.15, 0.2) is 72.1 Å². The summed E-state index contributed by atoms with van der Waals surface area (Å²) in [5.74, 6) is 1.60. The average Bonchev–Trinajstić information content (AvgIpc) is 3.58. The fraction of sp³-hybridized carbons (Fsp3) is 0.231. The van der Waals surface area contributed by atoms with Crippen molar-refractivity contribution in [3.8, 4) is 10.7 Å². The monoisotopic (exact) mass is 483 g/mol. The van der Waals surface area contributed by atoms with Crippen molar-refractivity contribution in [1.29, 1.82) is 0 Å². The van der Waals surface area contributed by atoms with Crippen LogP contribution in [0, 0.1) is 0 Å². The Bertz CT molecular complexity index is 1480. The largest absolute Gasteiger partial charge is 0.338 e. The van der Waals surface area contributed by atoms with E-state index in [9.17, 15) is 4.79 Å². The van der Waals surface area contributed by atoms with E-state index in [1.807, 2.05) is 70.9 Å². The Hall–Kier alpha value is -3.98. The molecule has 1 fully saturated rings. The summed E-state index contributed by atoms with van der Waals surface area (Å²) in [5.41, 5.74) is 2.77. The first-order valence-corrected chi connectivity index (χ1v) is 12.6. The molecule has 0 unspecified atom stereocenters. The summed E-state index contributed by atoms with van der Waals surface area (Å²) < 4.78 is 2.06. The highest BCUT2D eigenvalue weighted by atomic mass is 32.1. The lowest BCUT2D eigenvalue weighted by molar-refractivity contribution is 0.170. The summed E-state index contributed by atoms with van der Waals surface area (Å²) in [6.07, 6.45) is 0. The van der Waals surface area contributed by atoms with Crippen molar-refractivity contribution in [2.45, 2.75) is 19.5 Å². The van der Waals surface area contributed by atoms with Crippen LogP contribution in [-0.2, 0) is 6.54 Å². The molecule has 3 aromatic heterocycles. The molecule has 0 bridgehead atoms. The van der Waals surface area contributed by atoms with Crippen LogP contribution in [0.2, 0.25) is 0 Å². The third-order valence-electron chi connectivity index (χ3n) is 6.43. The van der Waals surface area contributed by atoms with E-state index < -0.39 is 0 Å². The molecule has 5 aromatic rings. The summed E-state index contributed by atoms with van der Waals surface area (Å²) in [5, 5.41) is 15.2. The van der Waals surface area contributed by atoms with Gasteiger partial charge in [-0.15, -0.1) is 21.5 Å². The SMILES string of the molecule is C[C@@H]1CN(c2nc3ccccc3c3nnc(-c4cccs4)n23)CCN1C(=O)NCc1ccccc1. The third-order valence-corrected chi connectivity index (χ3v) is 7.29. The Kier molecular flexibility index (Phi) is 5.54. The molecule has 8 nitrogen and oxygen atoms in total. The van der Waals surface area contributed by atoms with Gasteiger partial charge in [0.05, 0.1) is 10.4 Å². The van der Waals surface area contributed by atoms with Crippen LogP contribution in [0.5, 0.6) is 0 Å². The number of nitrogens with one attached hydrogen (secondary N) is 1. The number of thiophene rings is 1. The van der Waals surface area contributed by atoms with Gasteiger partial charge in [0.2, 0.25) is 5.95 Å². The molecular formula is C26H25N7OS. The smallest absolute Gasteiger partial charge is 0.318 e. The number of amides is 2. The second-order valence-electron chi connectivity index (χ2n) is 8.72. The molecule has 9 heteroatoms. The van der Waals surface area contributed by atoms with E-state index in [2.05, 4.69) is 37.8 Å². The highest BCUT2D eigenvalue weighted by molar-refractivity contribution is 7.13. The summed E-state index contributed by atoms with van der Waals surface area (Å²) in [7, 11) is 0. The number of hydrogen-bond donors (Lipinski definition) is 1. The molecule has 1 atom stereocenters. The number of carbonyl (C=O) groups is 1. The maximum atomic E-state index is 12.9. The highest BCUT2D eigenvalue weighted by Gasteiger charge is 2.30. The van der Waals surface area contributed by atoms with Crippen molar-refractivity contribution >= 4 is 39.9 Å². The second kappa shape index (κ2) is 8.99. The van der Waals surface area contributed by atoms with Crippen LogP contribution in [0.25, 0.3) is 27.3 Å². The Balaban J connectivity index is 1.30. The van der Waals surface area contributed by atoms with Crippen molar-refractivity contribution in [3.05, 3.63) is 77.7 Å². The van der Waals surface area contributed by atoms with Crippen molar-refractivity contribution in [1.82, 2.24) is 29.8 Å². The van der Waals surface area contributed by atoms with E-state index >= 15 is 0 Å². The van der Waals surface area contributed by atoms with E-state index in [0.717, 1.165) is 38.8 Å². The van der Waals surface area contributed by atoms with E-state index in [0.29, 0.717) is 26.2 Å². The molecule has 0 aliphatic carbocycles. The maximum Gasteiger partial charge on any atom is 0.318 e. The molecule has 1 aliphatic rings. The number of hydrogen-bond acceptors (Lipinski definition) is 6. The first-order chi connectivity index (χ1) is 17.2. The predicted octanol–water partition coefficient (Wildman–Crippen LogP) is 4.43. The molecule has 6 rings (SSSR count). The third kappa shape index (κ3) is 3.97. The fourth-order valence-electron chi connectivity index (χ4n) is 4.66. The van der Waals surface area contributed by atoms with Crippen molar-refractivity contribution in [2.24, 2.45) is 0 Å². The number of piperazine rings is 1. The topological polar surface area (TPSA) is 78.7 Å². The molecule has 1 saturated heterocycles. The van der Waals surface area contributed by atoms with Gasteiger partial charge >= 0.3 is 6.03 Å². The summed E-state index contributed by atoms with van der Waals surface area (Å²) in [6.45, 7) is 4.55. The standard InChI is InChI=1S/C26H25N7OS/c1-18-17-31(13-14-32(18)26(34)27-16-19-8-3-2-4-9-19)25-28-21-11-6-5-10-20(21)23-29-30-24(33(23)25)22-12-7-15-35-22/h2-12,15,18H,13-14,16-17H2,1H3,(H,27,34)/t18-/m1/s1. The van der Waals surface area contributed by atoms with Crippen LogP contribution in [0.1, 0.15) is 12.5 Å². The van der Waals surface area contributed by atoms with Gasteiger partial charge in [-0.2, -0.15) is 0 Å². The van der Waals surface area contributed by atoms with Gasteiger partial charge in [0.15, 0.2) is 11.5 Å². The molecule has 0 saturated carbocycles. The van der Waals surface area contributed by atoms with Gasteiger partial charge in [-0.05, 0) is 36.1 Å². The number of para-hydroxylation sites is 1. The molecular weight excluding hydrogens is 458 g/mol. The van der Waals surface area contributed by atoms with E-state index in [4.69, 9.17) is 4.98 Å². The minimum absolute atomic E-state index is 0.0181. The second-order valence-corrected chi connectivity index (χ2v) is 9.67. The number of rotatable bonds is 4. The van der Waals surface area contributed by atoms with Crippen LogP contribution in [-0.4, -0.2) is 56.2 Å². The molecule has 2 aromatic carbocycles. The molecule has 0 spiro atoms. The Morgan fingerprint density at radius 3 is 2.66 bits per heavy atom. The maximum absolute atomic E-state index is 12.9. The van der Waals surface area contributed by atoms with Crippen LogP contribution >= 0.6 is 11.3 Å². The van der Waals surface area contributed by atoms with E-state index in [-0.39, 0.29) is 12.1 Å². The first-order valence-electron chi connectivity index (χ1n) is 11.7. The van der Waals surface area contributed by atoms with Crippen molar-refractivity contribution in [2.75, 3.05) is 24.5 Å². The minimum atomic E-state index is -0.0406. The summed E-state index contributed by atoms with van der Waals surface area (Å²) in [4.78, 5) is 23.2. The zero-order valence-corrected chi connectivity index (χ0v) is 20.2. The Morgan fingerprint density at radius 1 is 1.03 bits per heavy atom. The lowest BCUT2D eigenvalue weighted by atomic mass is 10.2. The fourth-order valence-corrected chi connectivity index (χ4v) is 5.36. The molecule has 176 valence electrons. The van der Waals surface area contributed by atoms with E-state index in [1.165, 1.54) is 0 Å². The predicted molar refractivity (Wildman–Crippen MR) is 139 cm³/mol. The van der Waals surface area contributed by atoms with Gasteiger partial charge in [-0.25, -0.2) is 14.2 Å². The van der Waals surface area contributed by atoms with Crippen molar-refractivity contribution in [3.63, 3.8) is 0 Å². The zero-order chi connectivity index (χ0) is 23.8. The molecule has 1 N–H and O–H groups in total. The van der Waals surface area contributed by atoms with Gasteiger partial charge in [0.1, 0.15) is 0 Å².